The SMILES string of the molecule is O=[N+]([O-])c1ccccc1COCC1CNCCO1. The predicted molar refractivity (Wildman–Crippen MR) is 65.4 cm³/mol. The third-order valence-electron chi connectivity index (χ3n) is 2.75. The molecule has 0 radical (unpaired) electrons. The smallest absolute Gasteiger partial charge is 0.274 e. The maximum Gasteiger partial charge on any atom is 0.274 e. The zero-order valence-electron chi connectivity index (χ0n) is 10.0. The summed E-state index contributed by atoms with van der Waals surface area (Å²) in [7, 11) is 0. The fourth-order valence-electron chi connectivity index (χ4n) is 1.84. The van der Waals surface area contributed by atoms with Crippen LogP contribution in [0.4, 0.5) is 5.69 Å². The maximum atomic E-state index is 10.8. The molecule has 0 aliphatic carbocycles. The van der Waals surface area contributed by atoms with Crippen molar-refractivity contribution in [3.63, 3.8) is 0 Å². The molecule has 6 heteroatoms. The number of nitrogens with one attached hydrogen (secondary N) is 1. The van der Waals surface area contributed by atoms with Gasteiger partial charge < -0.3 is 14.8 Å². The molecule has 1 saturated heterocycles. The van der Waals surface area contributed by atoms with Crippen molar-refractivity contribution in [3.05, 3.63) is 39.9 Å². The van der Waals surface area contributed by atoms with Gasteiger partial charge in [0.15, 0.2) is 0 Å². The summed E-state index contributed by atoms with van der Waals surface area (Å²) in [6.45, 7) is 2.98. The van der Waals surface area contributed by atoms with Crippen molar-refractivity contribution >= 4 is 5.69 Å². The third kappa shape index (κ3) is 3.49. The van der Waals surface area contributed by atoms with Gasteiger partial charge in [-0.2, -0.15) is 0 Å². The lowest BCUT2D eigenvalue weighted by Crippen LogP contribution is -2.40. The standard InChI is InChI=1S/C12H16N2O4/c15-14(16)12-4-2-1-3-10(12)8-17-9-11-7-13-5-6-18-11/h1-4,11,13H,5-9H2. The summed E-state index contributed by atoms with van der Waals surface area (Å²) in [5.41, 5.74) is 0.687. The Kier molecular flexibility index (Phi) is 4.63. The van der Waals surface area contributed by atoms with Crippen LogP contribution in [0.1, 0.15) is 5.56 Å². The van der Waals surface area contributed by atoms with Crippen molar-refractivity contribution < 1.29 is 14.4 Å². The van der Waals surface area contributed by atoms with Gasteiger partial charge in [-0.05, 0) is 6.07 Å². The van der Waals surface area contributed by atoms with Gasteiger partial charge in [-0.1, -0.05) is 12.1 Å². The van der Waals surface area contributed by atoms with E-state index in [1.807, 2.05) is 0 Å². The molecule has 98 valence electrons. The fraction of sp³-hybridized carbons (Fsp3) is 0.500. The Morgan fingerprint density at radius 2 is 2.33 bits per heavy atom. The van der Waals surface area contributed by atoms with Crippen molar-refractivity contribution in [2.45, 2.75) is 12.7 Å². The molecule has 1 aromatic rings. The first-order chi connectivity index (χ1) is 8.77. The van der Waals surface area contributed by atoms with E-state index >= 15 is 0 Å². The van der Waals surface area contributed by atoms with Crippen LogP contribution in [0.25, 0.3) is 0 Å². The number of hydrogen-bond acceptors (Lipinski definition) is 5. The molecule has 1 heterocycles. The first-order valence-corrected chi connectivity index (χ1v) is 5.89. The van der Waals surface area contributed by atoms with E-state index in [2.05, 4.69) is 5.32 Å². The van der Waals surface area contributed by atoms with Crippen molar-refractivity contribution in [2.75, 3.05) is 26.3 Å². The minimum atomic E-state index is -0.392. The topological polar surface area (TPSA) is 73.6 Å². The average Bonchev–Trinajstić information content (AvgIpc) is 2.40. The number of morpholine rings is 1. The van der Waals surface area contributed by atoms with E-state index in [9.17, 15) is 10.1 Å². The highest BCUT2D eigenvalue weighted by molar-refractivity contribution is 5.39. The Morgan fingerprint density at radius 1 is 1.50 bits per heavy atom. The predicted octanol–water partition coefficient (Wildman–Crippen LogP) is 1.10. The molecule has 2 rings (SSSR count). The zero-order valence-corrected chi connectivity index (χ0v) is 10.0. The van der Waals surface area contributed by atoms with Gasteiger partial charge in [0.2, 0.25) is 0 Å². The Balaban J connectivity index is 1.84. The molecule has 0 aromatic heterocycles. The number of nitrogens with zero attached hydrogens (tertiary/aromatic N) is 1. The molecular formula is C12H16N2O4. The van der Waals surface area contributed by atoms with Crippen LogP contribution in [0.5, 0.6) is 0 Å². The van der Waals surface area contributed by atoms with Gasteiger partial charge in [0.25, 0.3) is 5.69 Å². The molecule has 6 nitrogen and oxygen atoms in total. The number of benzene rings is 1. The van der Waals surface area contributed by atoms with E-state index in [0.717, 1.165) is 13.1 Å². The van der Waals surface area contributed by atoms with Gasteiger partial charge in [-0.3, -0.25) is 10.1 Å². The lowest BCUT2D eigenvalue weighted by Gasteiger charge is -2.23. The first-order valence-electron chi connectivity index (χ1n) is 5.89. The van der Waals surface area contributed by atoms with Gasteiger partial charge in [-0.15, -0.1) is 0 Å². The first kappa shape index (κ1) is 12.9. The quantitative estimate of drug-likeness (QED) is 0.627. The number of nitro benzene ring substituents is 1. The van der Waals surface area contributed by atoms with E-state index < -0.39 is 4.92 Å². The van der Waals surface area contributed by atoms with Gasteiger partial charge in [0.05, 0.1) is 36.4 Å². The minimum Gasteiger partial charge on any atom is -0.374 e. The molecule has 0 bridgehead atoms. The Bertz CT molecular complexity index is 405. The molecule has 1 unspecified atom stereocenters. The number of para-hydroxylation sites is 1. The van der Waals surface area contributed by atoms with E-state index in [1.165, 1.54) is 6.07 Å². The highest BCUT2D eigenvalue weighted by Crippen LogP contribution is 2.18. The van der Waals surface area contributed by atoms with Crippen LogP contribution in [0.15, 0.2) is 24.3 Å². The van der Waals surface area contributed by atoms with Gasteiger partial charge in [0, 0.05) is 19.2 Å². The van der Waals surface area contributed by atoms with E-state index in [1.54, 1.807) is 18.2 Å². The van der Waals surface area contributed by atoms with Crippen LogP contribution in [-0.4, -0.2) is 37.3 Å². The lowest BCUT2D eigenvalue weighted by atomic mass is 10.2. The Morgan fingerprint density at radius 3 is 3.06 bits per heavy atom. The molecule has 1 N–H and O–H groups in total. The third-order valence-corrected chi connectivity index (χ3v) is 2.75. The summed E-state index contributed by atoms with van der Waals surface area (Å²) < 4.78 is 11.0. The second kappa shape index (κ2) is 6.44. The maximum absolute atomic E-state index is 10.8. The summed E-state index contributed by atoms with van der Waals surface area (Å²) in [6.07, 6.45) is 0.0292. The number of rotatable bonds is 5. The normalized spacial score (nSPS) is 19.7. The second-order valence-corrected chi connectivity index (χ2v) is 4.10. The van der Waals surface area contributed by atoms with E-state index in [-0.39, 0.29) is 18.4 Å². The van der Waals surface area contributed by atoms with Gasteiger partial charge in [-0.25, -0.2) is 0 Å². The molecule has 1 aromatic carbocycles. The molecule has 0 spiro atoms. The lowest BCUT2D eigenvalue weighted by molar-refractivity contribution is -0.386. The summed E-state index contributed by atoms with van der Waals surface area (Å²) in [6, 6.07) is 6.61. The monoisotopic (exact) mass is 252 g/mol. The summed E-state index contributed by atoms with van der Waals surface area (Å²) in [4.78, 5) is 10.4. The fourth-order valence-corrected chi connectivity index (χ4v) is 1.84. The molecule has 1 aliphatic rings. The van der Waals surface area contributed by atoms with Crippen molar-refractivity contribution in [1.82, 2.24) is 5.32 Å². The molecule has 1 fully saturated rings. The van der Waals surface area contributed by atoms with Crippen molar-refractivity contribution in [3.8, 4) is 0 Å². The number of ether oxygens (including phenoxy) is 2. The summed E-state index contributed by atoms with van der Waals surface area (Å²) >= 11 is 0. The van der Waals surface area contributed by atoms with Crippen LogP contribution in [0.3, 0.4) is 0 Å². The average molecular weight is 252 g/mol. The van der Waals surface area contributed by atoms with E-state index in [4.69, 9.17) is 9.47 Å². The highest BCUT2D eigenvalue weighted by atomic mass is 16.6. The van der Waals surface area contributed by atoms with Crippen molar-refractivity contribution in [1.29, 1.82) is 0 Å². The Labute approximate surface area is 105 Å². The zero-order chi connectivity index (χ0) is 12.8. The molecule has 18 heavy (non-hydrogen) atoms. The summed E-state index contributed by atoms with van der Waals surface area (Å²) in [5, 5.41) is 14.0. The van der Waals surface area contributed by atoms with Crippen LogP contribution in [-0.2, 0) is 16.1 Å². The molecular weight excluding hydrogens is 236 g/mol. The van der Waals surface area contributed by atoms with Gasteiger partial charge in [0.1, 0.15) is 0 Å². The largest absolute Gasteiger partial charge is 0.374 e. The second-order valence-electron chi connectivity index (χ2n) is 4.10. The number of nitro groups is 1. The van der Waals surface area contributed by atoms with Crippen LogP contribution in [0, 0.1) is 10.1 Å². The molecule has 1 atom stereocenters. The van der Waals surface area contributed by atoms with Crippen LogP contribution < -0.4 is 5.32 Å². The number of hydrogen-bond donors (Lipinski definition) is 1. The summed E-state index contributed by atoms with van der Waals surface area (Å²) in [5.74, 6) is 0. The molecule has 0 amide bonds. The van der Waals surface area contributed by atoms with Crippen LogP contribution >= 0.6 is 0 Å². The van der Waals surface area contributed by atoms with E-state index in [0.29, 0.717) is 18.8 Å². The minimum absolute atomic E-state index is 0.0292. The molecule has 1 aliphatic heterocycles. The molecule has 0 saturated carbocycles. The van der Waals surface area contributed by atoms with Gasteiger partial charge >= 0.3 is 0 Å². The van der Waals surface area contributed by atoms with Crippen LogP contribution in [0.2, 0.25) is 0 Å². The van der Waals surface area contributed by atoms with Crippen molar-refractivity contribution in [2.24, 2.45) is 0 Å². The Hall–Kier alpha value is -1.50. The highest BCUT2D eigenvalue weighted by Gasteiger charge is 2.15.